The van der Waals surface area contributed by atoms with Gasteiger partial charge in [0.25, 0.3) is 0 Å². The minimum atomic E-state index is -3.95. The normalized spacial score (nSPS) is 11.7. The minimum Gasteiger partial charge on any atom is -0.496 e. The fourth-order valence-electron chi connectivity index (χ4n) is 2.61. The monoisotopic (exact) mass is 360 g/mol. The highest BCUT2D eigenvalue weighted by molar-refractivity contribution is 5.68. The van der Waals surface area contributed by atoms with Crippen LogP contribution < -0.4 is 4.74 Å². The summed E-state index contributed by atoms with van der Waals surface area (Å²) in [6.07, 6.45) is -2.78. The van der Waals surface area contributed by atoms with Crippen LogP contribution in [-0.2, 0) is 17.3 Å². The third-order valence-electron chi connectivity index (χ3n) is 3.75. The molecule has 0 atom stereocenters. The number of halogens is 5. The second kappa shape index (κ2) is 7.39. The lowest BCUT2D eigenvalue weighted by Gasteiger charge is -2.19. The first-order valence-electron chi connectivity index (χ1n) is 7.54. The number of hydrogen-bond acceptors (Lipinski definition) is 2. The Labute approximate surface area is 142 Å². The molecule has 0 amide bonds. The molecule has 7 heteroatoms. The highest BCUT2D eigenvalue weighted by Gasteiger charge is 2.39. The highest BCUT2D eigenvalue weighted by Crippen LogP contribution is 2.41. The van der Waals surface area contributed by atoms with E-state index in [2.05, 4.69) is 4.74 Å². The maximum Gasteiger partial charge on any atom is 0.389 e. The molecule has 2 aromatic carbocycles. The van der Waals surface area contributed by atoms with Gasteiger partial charge in [0.2, 0.25) is 0 Å². The molecule has 136 valence electrons. The Morgan fingerprint density at radius 3 is 2.00 bits per heavy atom. The molecule has 0 heterocycles. The molecule has 0 fully saturated rings. The van der Waals surface area contributed by atoms with Crippen molar-refractivity contribution >= 4 is 0 Å². The largest absolute Gasteiger partial charge is 0.496 e. The molecule has 0 aliphatic carbocycles. The summed E-state index contributed by atoms with van der Waals surface area (Å²) in [5.41, 5.74) is -1.44. The Morgan fingerprint density at radius 2 is 1.52 bits per heavy atom. The van der Waals surface area contributed by atoms with Crippen LogP contribution in [0.3, 0.4) is 0 Å². The zero-order valence-corrected chi connectivity index (χ0v) is 13.9. The van der Waals surface area contributed by atoms with Crippen LogP contribution in [0.5, 0.6) is 5.75 Å². The molecule has 0 aliphatic rings. The van der Waals surface area contributed by atoms with Gasteiger partial charge in [0, 0.05) is 7.11 Å². The van der Waals surface area contributed by atoms with Crippen LogP contribution in [0.1, 0.15) is 24.5 Å². The first-order chi connectivity index (χ1) is 11.7. The fraction of sp³-hybridized carbons (Fsp3) is 0.333. The van der Waals surface area contributed by atoms with Gasteiger partial charge in [0.05, 0.1) is 12.7 Å². The highest BCUT2D eigenvalue weighted by atomic mass is 19.3. The van der Waals surface area contributed by atoms with E-state index >= 15 is 0 Å². The average molecular weight is 360 g/mol. The van der Waals surface area contributed by atoms with E-state index in [1.165, 1.54) is 0 Å². The van der Waals surface area contributed by atoms with Crippen LogP contribution in [0.15, 0.2) is 24.3 Å². The third-order valence-corrected chi connectivity index (χ3v) is 3.75. The standard InChI is InChI=1S/C18H17F5O2/c1-4-5-10-6-12(19)16(13(20)7-10)11-8-14(21)17(15(9-11)24-2)18(22,23)25-3/h6-9H,4-5H2,1-3H3. The summed E-state index contributed by atoms with van der Waals surface area (Å²) < 4.78 is 79.1. The summed E-state index contributed by atoms with van der Waals surface area (Å²) in [7, 11) is 1.75. The van der Waals surface area contributed by atoms with Gasteiger partial charge in [-0.3, -0.25) is 0 Å². The molecule has 0 spiro atoms. The molecule has 0 N–H and O–H groups in total. The first-order valence-corrected chi connectivity index (χ1v) is 7.54. The van der Waals surface area contributed by atoms with Crippen LogP contribution >= 0.6 is 0 Å². The van der Waals surface area contributed by atoms with Gasteiger partial charge in [-0.15, -0.1) is 0 Å². The van der Waals surface area contributed by atoms with E-state index in [1.807, 2.05) is 6.92 Å². The summed E-state index contributed by atoms with van der Waals surface area (Å²) in [5, 5.41) is 0. The Bertz CT molecular complexity index is 751. The summed E-state index contributed by atoms with van der Waals surface area (Å²) in [6.45, 7) is 1.86. The smallest absolute Gasteiger partial charge is 0.389 e. The zero-order valence-electron chi connectivity index (χ0n) is 13.9. The molecule has 0 radical (unpaired) electrons. The lowest BCUT2D eigenvalue weighted by molar-refractivity contribution is -0.234. The third kappa shape index (κ3) is 3.76. The maximum absolute atomic E-state index is 14.3. The number of hydrogen-bond donors (Lipinski definition) is 0. The topological polar surface area (TPSA) is 18.5 Å². The molecule has 0 aliphatic heterocycles. The second-order valence-electron chi connectivity index (χ2n) is 5.44. The van der Waals surface area contributed by atoms with E-state index in [9.17, 15) is 22.0 Å². The number of ether oxygens (including phenoxy) is 2. The number of methoxy groups -OCH3 is 2. The van der Waals surface area contributed by atoms with Crippen LogP contribution in [0, 0.1) is 17.5 Å². The van der Waals surface area contributed by atoms with E-state index < -0.39 is 40.4 Å². The van der Waals surface area contributed by atoms with Crippen LogP contribution in [-0.4, -0.2) is 14.2 Å². The van der Waals surface area contributed by atoms with Gasteiger partial charge < -0.3 is 9.47 Å². The van der Waals surface area contributed by atoms with Crippen molar-refractivity contribution < 1.29 is 31.4 Å². The molecular formula is C18H17F5O2. The van der Waals surface area contributed by atoms with Gasteiger partial charge in [0.1, 0.15) is 28.8 Å². The lowest BCUT2D eigenvalue weighted by atomic mass is 9.98. The van der Waals surface area contributed by atoms with E-state index in [-0.39, 0.29) is 5.56 Å². The van der Waals surface area contributed by atoms with Gasteiger partial charge in [-0.05, 0) is 41.8 Å². The molecular weight excluding hydrogens is 343 g/mol. The molecule has 2 aromatic rings. The number of aryl methyl sites for hydroxylation is 1. The number of rotatable bonds is 6. The van der Waals surface area contributed by atoms with E-state index in [0.717, 1.165) is 25.3 Å². The van der Waals surface area contributed by atoms with Crippen molar-refractivity contribution in [2.75, 3.05) is 14.2 Å². The Morgan fingerprint density at radius 1 is 0.920 bits per heavy atom. The van der Waals surface area contributed by atoms with Crippen molar-refractivity contribution in [3.8, 4) is 16.9 Å². The molecule has 0 aromatic heterocycles. The average Bonchev–Trinajstić information content (AvgIpc) is 2.53. The van der Waals surface area contributed by atoms with Crippen molar-refractivity contribution in [3.63, 3.8) is 0 Å². The van der Waals surface area contributed by atoms with Gasteiger partial charge in [0.15, 0.2) is 0 Å². The van der Waals surface area contributed by atoms with Gasteiger partial charge >= 0.3 is 6.11 Å². The lowest BCUT2D eigenvalue weighted by Crippen LogP contribution is -2.19. The van der Waals surface area contributed by atoms with Crippen LogP contribution in [0.25, 0.3) is 11.1 Å². The first kappa shape index (κ1) is 19.2. The van der Waals surface area contributed by atoms with Crippen molar-refractivity contribution in [2.45, 2.75) is 25.9 Å². The summed E-state index contributed by atoms with van der Waals surface area (Å²) >= 11 is 0. The Hall–Kier alpha value is -2.15. The van der Waals surface area contributed by atoms with Crippen molar-refractivity contribution in [3.05, 3.63) is 52.8 Å². The summed E-state index contributed by atoms with van der Waals surface area (Å²) in [5.74, 6) is -3.77. The predicted octanol–water partition coefficient (Wildman–Crippen LogP) is 5.43. The predicted molar refractivity (Wildman–Crippen MR) is 83.2 cm³/mol. The molecule has 0 saturated carbocycles. The van der Waals surface area contributed by atoms with Crippen LogP contribution in [0.2, 0.25) is 0 Å². The van der Waals surface area contributed by atoms with Gasteiger partial charge in [-0.1, -0.05) is 13.3 Å². The van der Waals surface area contributed by atoms with Crippen molar-refractivity contribution in [2.24, 2.45) is 0 Å². The molecule has 2 nitrogen and oxygen atoms in total. The van der Waals surface area contributed by atoms with Gasteiger partial charge in [-0.2, -0.15) is 8.78 Å². The van der Waals surface area contributed by atoms with Gasteiger partial charge in [-0.25, -0.2) is 13.2 Å². The van der Waals surface area contributed by atoms with E-state index in [0.29, 0.717) is 31.6 Å². The molecule has 0 bridgehead atoms. The van der Waals surface area contributed by atoms with Crippen molar-refractivity contribution in [1.29, 1.82) is 0 Å². The zero-order chi connectivity index (χ0) is 18.8. The number of alkyl halides is 2. The molecule has 25 heavy (non-hydrogen) atoms. The second-order valence-corrected chi connectivity index (χ2v) is 5.44. The Kier molecular flexibility index (Phi) is 5.67. The molecule has 2 rings (SSSR count). The van der Waals surface area contributed by atoms with E-state index in [1.54, 1.807) is 0 Å². The molecule has 0 saturated heterocycles. The van der Waals surface area contributed by atoms with Crippen molar-refractivity contribution in [1.82, 2.24) is 0 Å². The summed E-state index contributed by atoms with van der Waals surface area (Å²) in [4.78, 5) is 0. The fourth-order valence-corrected chi connectivity index (χ4v) is 2.61. The number of benzene rings is 2. The minimum absolute atomic E-state index is 0.247. The molecule has 0 unspecified atom stereocenters. The maximum atomic E-state index is 14.3. The summed E-state index contributed by atoms with van der Waals surface area (Å²) in [6, 6.07) is 3.87. The van der Waals surface area contributed by atoms with E-state index in [4.69, 9.17) is 4.74 Å². The van der Waals surface area contributed by atoms with Crippen LogP contribution in [0.4, 0.5) is 22.0 Å². The quantitative estimate of drug-likeness (QED) is 0.640. The Balaban J connectivity index is 2.64. The SMILES string of the molecule is CCCc1cc(F)c(-c2cc(F)c(C(F)(F)OC)c(OC)c2)c(F)c1.